The Kier molecular flexibility index (Phi) is 4.02. The summed E-state index contributed by atoms with van der Waals surface area (Å²) in [6.07, 6.45) is 0. The van der Waals surface area contributed by atoms with Gasteiger partial charge in [0, 0.05) is 0 Å². The van der Waals surface area contributed by atoms with Crippen molar-refractivity contribution in [1.29, 1.82) is 0 Å². The zero-order chi connectivity index (χ0) is 15.7. The van der Waals surface area contributed by atoms with E-state index >= 15 is 0 Å². The summed E-state index contributed by atoms with van der Waals surface area (Å²) in [7, 11) is 0. The number of nitrogens with one attached hydrogen (secondary N) is 1. The minimum Gasteiger partial charge on any atom is -0.480 e. The van der Waals surface area contributed by atoms with Crippen molar-refractivity contribution in [1.82, 2.24) is 5.32 Å². The van der Waals surface area contributed by atoms with Crippen LogP contribution in [0.5, 0.6) is 0 Å². The van der Waals surface area contributed by atoms with E-state index in [2.05, 4.69) is 0 Å². The standard InChI is InChI=1S/C11H10F2N2O5/c1-11(2,10(17)18)14-9(16)5-3-6(12)7(13)4-8(5)15(19)20/h3-4H,1-2H3,(H,14,16)(H,17,18). The van der Waals surface area contributed by atoms with Gasteiger partial charge in [-0.15, -0.1) is 0 Å². The van der Waals surface area contributed by atoms with E-state index < -0.39 is 45.2 Å². The van der Waals surface area contributed by atoms with E-state index in [9.17, 15) is 28.5 Å². The molecule has 1 rings (SSSR count). The predicted molar refractivity (Wildman–Crippen MR) is 62.2 cm³/mol. The van der Waals surface area contributed by atoms with Crippen molar-refractivity contribution in [3.8, 4) is 0 Å². The van der Waals surface area contributed by atoms with Gasteiger partial charge in [-0.25, -0.2) is 13.6 Å². The molecule has 0 saturated heterocycles. The molecule has 0 saturated carbocycles. The monoisotopic (exact) mass is 288 g/mol. The number of hydrogen-bond donors (Lipinski definition) is 2. The van der Waals surface area contributed by atoms with Gasteiger partial charge in [-0.2, -0.15) is 0 Å². The highest BCUT2D eigenvalue weighted by Gasteiger charge is 2.32. The van der Waals surface area contributed by atoms with Crippen molar-refractivity contribution < 1.29 is 28.4 Å². The van der Waals surface area contributed by atoms with Crippen LogP contribution in [0.4, 0.5) is 14.5 Å². The molecule has 0 fully saturated rings. The smallest absolute Gasteiger partial charge is 0.328 e. The lowest BCUT2D eigenvalue weighted by Crippen LogP contribution is -2.49. The first-order chi connectivity index (χ1) is 9.06. The number of carboxylic acids is 1. The van der Waals surface area contributed by atoms with Crippen LogP contribution in [0, 0.1) is 21.7 Å². The molecular weight excluding hydrogens is 278 g/mol. The molecule has 2 N–H and O–H groups in total. The number of amides is 1. The SMILES string of the molecule is CC(C)(NC(=O)c1cc(F)c(F)cc1[N+](=O)[O-])C(=O)O. The Morgan fingerprint density at radius 3 is 2.25 bits per heavy atom. The number of hydrogen-bond acceptors (Lipinski definition) is 4. The Morgan fingerprint density at radius 1 is 1.30 bits per heavy atom. The highest BCUT2D eigenvalue weighted by molar-refractivity contribution is 6.00. The molecule has 1 amide bonds. The molecule has 0 aliphatic carbocycles. The molecule has 0 heterocycles. The number of benzene rings is 1. The van der Waals surface area contributed by atoms with Gasteiger partial charge in [0.15, 0.2) is 11.6 Å². The summed E-state index contributed by atoms with van der Waals surface area (Å²) >= 11 is 0. The van der Waals surface area contributed by atoms with Crippen LogP contribution in [-0.4, -0.2) is 27.4 Å². The van der Waals surface area contributed by atoms with Crippen molar-refractivity contribution in [2.45, 2.75) is 19.4 Å². The number of nitrogens with zero attached hydrogens (tertiary/aromatic N) is 1. The van der Waals surface area contributed by atoms with E-state index in [1.54, 1.807) is 0 Å². The first-order valence-corrected chi connectivity index (χ1v) is 5.25. The van der Waals surface area contributed by atoms with E-state index in [-0.39, 0.29) is 6.07 Å². The number of carboxylic acid groups (broad SMARTS) is 1. The molecule has 0 bridgehead atoms. The quantitative estimate of drug-likeness (QED) is 0.644. The van der Waals surface area contributed by atoms with E-state index in [1.807, 2.05) is 5.32 Å². The third-order valence-electron chi connectivity index (χ3n) is 2.44. The normalized spacial score (nSPS) is 11.0. The molecule has 0 atom stereocenters. The van der Waals surface area contributed by atoms with E-state index in [0.29, 0.717) is 6.07 Å². The highest BCUT2D eigenvalue weighted by atomic mass is 19.2. The molecule has 0 aliphatic heterocycles. The number of aliphatic carboxylic acids is 1. The minimum atomic E-state index is -1.73. The van der Waals surface area contributed by atoms with Crippen molar-refractivity contribution in [2.75, 3.05) is 0 Å². The maximum atomic E-state index is 13.1. The molecule has 0 aliphatic rings. The lowest BCUT2D eigenvalue weighted by atomic mass is 10.0. The van der Waals surface area contributed by atoms with Gasteiger partial charge >= 0.3 is 5.97 Å². The number of carbonyl (C=O) groups is 2. The van der Waals surface area contributed by atoms with Gasteiger partial charge in [0.05, 0.1) is 11.0 Å². The van der Waals surface area contributed by atoms with E-state index in [4.69, 9.17) is 5.11 Å². The number of rotatable bonds is 4. The Morgan fingerprint density at radius 2 is 1.80 bits per heavy atom. The fraction of sp³-hybridized carbons (Fsp3) is 0.273. The topological polar surface area (TPSA) is 110 Å². The highest BCUT2D eigenvalue weighted by Crippen LogP contribution is 2.22. The number of halogens is 2. The fourth-order valence-corrected chi connectivity index (χ4v) is 1.27. The largest absolute Gasteiger partial charge is 0.480 e. The molecule has 0 radical (unpaired) electrons. The number of nitro groups is 1. The summed E-state index contributed by atoms with van der Waals surface area (Å²) in [6, 6.07) is 0.610. The lowest BCUT2D eigenvalue weighted by Gasteiger charge is -2.20. The van der Waals surface area contributed by atoms with Crippen molar-refractivity contribution >= 4 is 17.6 Å². The molecule has 20 heavy (non-hydrogen) atoms. The van der Waals surface area contributed by atoms with Gasteiger partial charge in [0.25, 0.3) is 11.6 Å². The zero-order valence-electron chi connectivity index (χ0n) is 10.4. The second kappa shape index (κ2) is 5.19. The minimum absolute atomic E-state index is 0.262. The van der Waals surface area contributed by atoms with Gasteiger partial charge in [-0.3, -0.25) is 14.9 Å². The summed E-state index contributed by atoms with van der Waals surface area (Å²) in [5, 5.41) is 21.5. The van der Waals surface area contributed by atoms with Crippen LogP contribution in [0.15, 0.2) is 12.1 Å². The van der Waals surface area contributed by atoms with Gasteiger partial charge in [-0.1, -0.05) is 0 Å². The zero-order valence-corrected chi connectivity index (χ0v) is 10.4. The summed E-state index contributed by atoms with van der Waals surface area (Å²) in [4.78, 5) is 32.3. The van der Waals surface area contributed by atoms with Crippen molar-refractivity contribution in [3.05, 3.63) is 39.4 Å². The van der Waals surface area contributed by atoms with Crippen molar-refractivity contribution in [3.63, 3.8) is 0 Å². The Balaban J connectivity index is 3.26. The second-order valence-corrected chi connectivity index (χ2v) is 4.42. The Bertz CT molecular complexity index is 601. The summed E-state index contributed by atoms with van der Waals surface area (Å²) in [5.74, 6) is -5.52. The lowest BCUT2D eigenvalue weighted by molar-refractivity contribution is -0.385. The molecule has 108 valence electrons. The van der Waals surface area contributed by atoms with Crippen molar-refractivity contribution in [2.24, 2.45) is 0 Å². The predicted octanol–water partition coefficient (Wildman–Crippen LogP) is 1.47. The molecule has 1 aromatic carbocycles. The van der Waals surface area contributed by atoms with Crippen LogP contribution < -0.4 is 5.32 Å². The maximum absolute atomic E-state index is 13.1. The van der Waals surface area contributed by atoms with Gasteiger partial charge < -0.3 is 10.4 Å². The number of nitro benzene ring substituents is 1. The average molecular weight is 288 g/mol. The second-order valence-electron chi connectivity index (χ2n) is 4.42. The summed E-state index contributed by atoms with van der Waals surface area (Å²) in [6.45, 7) is 2.28. The molecule has 0 aromatic heterocycles. The van der Waals surface area contributed by atoms with Gasteiger partial charge in [0.1, 0.15) is 11.1 Å². The maximum Gasteiger partial charge on any atom is 0.328 e. The molecule has 9 heteroatoms. The molecular formula is C11H10F2N2O5. The Labute approximate surface area is 111 Å². The number of carbonyl (C=O) groups excluding carboxylic acids is 1. The van der Waals surface area contributed by atoms with Crippen LogP contribution in [0.2, 0.25) is 0 Å². The van der Waals surface area contributed by atoms with Gasteiger partial charge in [0.2, 0.25) is 0 Å². The van der Waals surface area contributed by atoms with Crippen LogP contribution in [0.1, 0.15) is 24.2 Å². The van der Waals surface area contributed by atoms with Crippen LogP contribution >= 0.6 is 0 Å². The third-order valence-corrected chi connectivity index (χ3v) is 2.44. The average Bonchev–Trinajstić information content (AvgIpc) is 2.30. The molecule has 1 aromatic rings. The fourth-order valence-electron chi connectivity index (χ4n) is 1.27. The van der Waals surface area contributed by atoms with E-state index in [0.717, 1.165) is 13.8 Å². The summed E-state index contributed by atoms with van der Waals surface area (Å²) < 4.78 is 26.0. The third kappa shape index (κ3) is 3.05. The van der Waals surface area contributed by atoms with Crippen LogP contribution in [0.3, 0.4) is 0 Å². The molecule has 7 nitrogen and oxygen atoms in total. The summed E-state index contributed by atoms with van der Waals surface area (Å²) in [5.41, 5.74) is -3.44. The molecule has 0 spiro atoms. The van der Waals surface area contributed by atoms with E-state index in [1.165, 1.54) is 0 Å². The first kappa shape index (κ1) is 15.5. The van der Waals surface area contributed by atoms with Crippen LogP contribution in [0.25, 0.3) is 0 Å². The first-order valence-electron chi connectivity index (χ1n) is 5.25. The van der Waals surface area contributed by atoms with Crippen LogP contribution in [-0.2, 0) is 4.79 Å². The Hall–Kier alpha value is -2.58. The molecule has 0 unspecified atom stereocenters. The van der Waals surface area contributed by atoms with Gasteiger partial charge in [-0.05, 0) is 19.9 Å².